The normalized spacial score (nSPS) is 10.2. The van der Waals surface area contributed by atoms with Gasteiger partial charge in [-0.3, -0.25) is 9.59 Å². The molecule has 4 heteroatoms. The second kappa shape index (κ2) is 6.00. The molecule has 0 radical (unpaired) electrons. The van der Waals surface area contributed by atoms with Crippen LogP contribution in [0, 0.1) is 0 Å². The molecule has 0 saturated carbocycles. The minimum Gasteiger partial charge on any atom is -0.350 e. The molecule has 98 valence electrons. The van der Waals surface area contributed by atoms with Crippen LogP contribution < -0.4 is 5.32 Å². The van der Waals surface area contributed by atoms with Gasteiger partial charge in [-0.2, -0.15) is 0 Å². The molecule has 2 N–H and O–H groups in total. The lowest BCUT2D eigenvalue weighted by atomic mass is 10.1. The molecular weight excluding hydrogens is 240 g/mol. The van der Waals surface area contributed by atoms with E-state index in [1.165, 1.54) is 12.5 Å². The third-order valence-electron chi connectivity index (χ3n) is 2.85. The van der Waals surface area contributed by atoms with Crippen molar-refractivity contribution in [3.63, 3.8) is 0 Å². The Kier molecular flexibility index (Phi) is 4.13. The summed E-state index contributed by atoms with van der Waals surface area (Å²) < 4.78 is 0. The first kappa shape index (κ1) is 13.1. The van der Waals surface area contributed by atoms with Gasteiger partial charge < -0.3 is 10.3 Å². The Morgan fingerprint density at radius 2 is 1.74 bits per heavy atom. The van der Waals surface area contributed by atoms with Crippen molar-refractivity contribution >= 4 is 11.7 Å². The number of Topliss-reactive ketones (excluding diaryl/α,β-unsaturated/α-hetero) is 1. The maximum atomic E-state index is 11.8. The zero-order chi connectivity index (χ0) is 13.7. The topological polar surface area (TPSA) is 62.0 Å². The molecule has 0 saturated heterocycles. The molecule has 0 aliphatic carbocycles. The molecule has 2 aromatic rings. The van der Waals surface area contributed by atoms with E-state index in [4.69, 9.17) is 0 Å². The molecule has 2 rings (SSSR count). The summed E-state index contributed by atoms with van der Waals surface area (Å²) in [5.41, 5.74) is 2.05. The lowest BCUT2D eigenvalue weighted by molar-refractivity contribution is 0.0949. The van der Waals surface area contributed by atoms with Crippen LogP contribution in [0.4, 0.5) is 0 Å². The van der Waals surface area contributed by atoms with Gasteiger partial charge in [0.2, 0.25) is 0 Å². The average molecular weight is 256 g/mol. The predicted octanol–water partition coefficient (Wildman–Crippen LogP) is 2.19. The van der Waals surface area contributed by atoms with Gasteiger partial charge >= 0.3 is 0 Å². The van der Waals surface area contributed by atoms with E-state index in [1.807, 2.05) is 30.3 Å². The number of rotatable bonds is 5. The first-order valence-corrected chi connectivity index (χ1v) is 6.19. The van der Waals surface area contributed by atoms with Crippen LogP contribution in [0.15, 0.2) is 42.5 Å². The Bertz CT molecular complexity index is 573. The van der Waals surface area contributed by atoms with Crippen LogP contribution in [-0.4, -0.2) is 23.2 Å². The second-order valence-corrected chi connectivity index (χ2v) is 4.33. The summed E-state index contributed by atoms with van der Waals surface area (Å²) in [6.45, 7) is 2.03. The fraction of sp³-hybridized carbons (Fsp3) is 0.200. The fourth-order valence-electron chi connectivity index (χ4n) is 1.79. The highest BCUT2D eigenvalue weighted by atomic mass is 16.2. The number of nitrogens with one attached hydrogen (secondary N) is 2. The molecule has 19 heavy (non-hydrogen) atoms. The van der Waals surface area contributed by atoms with Crippen LogP contribution in [0.3, 0.4) is 0 Å². The molecule has 0 atom stereocenters. The monoisotopic (exact) mass is 256 g/mol. The predicted molar refractivity (Wildman–Crippen MR) is 73.3 cm³/mol. The maximum Gasteiger partial charge on any atom is 0.267 e. The van der Waals surface area contributed by atoms with Crippen molar-refractivity contribution < 1.29 is 9.59 Å². The van der Waals surface area contributed by atoms with Gasteiger partial charge in [-0.25, -0.2) is 0 Å². The Balaban J connectivity index is 1.85. The summed E-state index contributed by atoms with van der Waals surface area (Å²) in [5, 5.41) is 2.82. The van der Waals surface area contributed by atoms with E-state index in [0.29, 0.717) is 17.9 Å². The maximum absolute atomic E-state index is 11.8. The van der Waals surface area contributed by atoms with Crippen molar-refractivity contribution in [3.05, 3.63) is 59.4 Å². The van der Waals surface area contributed by atoms with Crippen LogP contribution in [0.2, 0.25) is 0 Å². The van der Waals surface area contributed by atoms with E-state index in [0.717, 1.165) is 6.42 Å². The zero-order valence-electron chi connectivity index (χ0n) is 10.8. The lowest BCUT2D eigenvalue weighted by Crippen LogP contribution is -2.26. The van der Waals surface area contributed by atoms with Crippen LogP contribution >= 0.6 is 0 Å². The van der Waals surface area contributed by atoms with Gasteiger partial charge in [0.15, 0.2) is 5.78 Å². The van der Waals surface area contributed by atoms with Crippen molar-refractivity contribution in [2.45, 2.75) is 13.3 Å². The number of carbonyl (C=O) groups is 2. The van der Waals surface area contributed by atoms with Gasteiger partial charge in [-0.05, 0) is 24.1 Å². The van der Waals surface area contributed by atoms with Gasteiger partial charge in [-0.1, -0.05) is 30.3 Å². The molecule has 0 spiro atoms. The molecule has 0 unspecified atom stereocenters. The molecule has 4 nitrogen and oxygen atoms in total. The van der Waals surface area contributed by atoms with E-state index < -0.39 is 0 Å². The van der Waals surface area contributed by atoms with Gasteiger partial charge in [0.05, 0.1) is 5.69 Å². The number of H-pyrrole nitrogens is 1. The molecule has 0 aliphatic heterocycles. The molecular formula is C15H16N2O2. The van der Waals surface area contributed by atoms with E-state index in [2.05, 4.69) is 10.3 Å². The van der Waals surface area contributed by atoms with Crippen molar-refractivity contribution in [1.29, 1.82) is 0 Å². The first-order valence-electron chi connectivity index (χ1n) is 6.19. The summed E-state index contributed by atoms with van der Waals surface area (Å²) >= 11 is 0. The minimum absolute atomic E-state index is 0.0802. The van der Waals surface area contributed by atoms with E-state index in [-0.39, 0.29) is 11.7 Å². The summed E-state index contributed by atoms with van der Waals surface area (Å²) in [7, 11) is 0. The molecule has 0 fully saturated rings. The average Bonchev–Trinajstić information content (AvgIpc) is 2.89. The molecule has 1 heterocycles. The Hall–Kier alpha value is -2.36. The van der Waals surface area contributed by atoms with E-state index >= 15 is 0 Å². The van der Waals surface area contributed by atoms with Crippen molar-refractivity contribution in [2.75, 3.05) is 6.54 Å². The number of carbonyl (C=O) groups excluding carboxylic acids is 2. The number of aromatic amines is 1. The highest BCUT2D eigenvalue weighted by Crippen LogP contribution is 2.03. The lowest BCUT2D eigenvalue weighted by Gasteiger charge is -2.03. The third kappa shape index (κ3) is 3.55. The zero-order valence-corrected chi connectivity index (χ0v) is 10.8. The Morgan fingerprint density at radius 3 is 2.37 bits per heavy atom. The number of hydrogen-bond donors (Lipinski definition) is 2. The Labute approximate surface area is 111 Å². The molecule has 1 amide bonds. The number of hydrogen-bond acceptors (Lipinski definition) is 2. The molecule has 1 aromatic heterocycles. The SMILES string of the molecule is CC(=O)c1ccc(C(=O)NCCc2ccccc2)[nH]1. The quantitative estimate of drug-likeness (QED) is 0.805. The van der Waals surface area contributed by atoms with Crippen LogP contribution in [0.5, 0.6) is 0 Å². The largest absolute Gasteiger partial charge is 0.350 e. The van der Waals surface area contributed by atoms with E-state index in [9.17, 15) is 9.59 Å². The van der Waals surface area contributed by atoms with Gasteiger partial charge in [-0.15, -0.1) is 0 Å². The summed E-state index contributed by atoms with van der Waals surface area (Å²) in [5.74, 6) is -0.272. The number of amides is 1. The van der Waals surface area contributed by atoms with Crippen LogP contribution in [-0.2, 0) is 6.42 Å². The second-order valence-electron chi connectivity index (χ2n) is 4.33. The molecule has 0 aliphatic rings. The third-order valence-corrected chi connectivity index (χ3v) is 2.85. The van der Waals surface area contributed by atoms with Crippen molar-refractivity contribution in [2.24, 2.45) is 0 Å². The smallest absolute Gasteiger partial charge is 0.267 e. The van der Waals surface area contributed by atoms with Gasteiger partial charge in [0.25, 0.3) is 5.91 Å². The summed E-state index contributed by atoms with van der Waals surface area (Å²) in [6.07, 6.45) is 0.785. The first-order chi connectivity index (χ1) is 9.16. The highest BCUT2D eigenvalue weighted by Gasteiger charge is 2.09. The Morgan fingerprint density at radius 1 is 1.05 bits per heavy atom. The molecule has 0 bridgehead atoms. The van der Waals surface area contributed by atoms with Gasteiger partial charge in [0.1, 0.15) is 5.69 Å². The number of benzene rings is 1. The summed E-state index contributed by atoms with van der Waals surface area (Å²) in [6, 6.07) is 13.2. The van der Waals surface area contributed by atoms with Crippen LogP contribution in [0.25, 0.3) is 0 Å². The number of ketones is 1. The summed E-state index contributed by atoms with van der Waals surface area (Å²) in [4.78, 5) is 25.7. The molecule has 1 aromatic carbocycles. The highest BCUT2D eigenvalue weighted by molar-refractivity contribution is 5.97. The minimum atomic E-state index is -0.191. The number of aromatic nitrogens is 1. The van der Waals surface area contributed by atoms with Crippen molar-refractivity contribution in [3.8, 4) is 0 Å². The standard InChI is InChI=1S/C15H16N2O2/c1-11(18)13-7-8-14(17-13)15(19)16-10-9-12-5-3-2-4-6-12/h2-8,17H,9-10H2,1H3,(H,16,19). The van der Waals surface area contributed by atoms with E-state index in [1.54, 1.807) is 12.1 Å². The van der Waals surface area contributed by atoms with Crippen LogP contribution in [0.1, 0.15) is 33.5 Å². The van der Waals surface area contributed by atoms with Gasteiger partial charge in [0, 0.05) is 13.5 Å². The van der Waals surface area contributed by atoms with Crippen molar-refractivity contribution in [1.82, 2.24) is 10.3 Å². The fourth-order valence-corrected chi connectivity index (χ4v) is 1.79.